The quantitative estimate of drug-likeness (QED) is 0.423. The average Bonchev–Trinajstić information content (AvgIpc) is 2.48. The van der Waals surface area contributed by atoms with Gasteiger partial charge in [-0.3, -0.25) is 0 Å². The Morgan fingerprint density at radius 3 is 2.59 bits per heavy atom. The fourth-order valence-corrected chi connectivity index (χ4v) is 2.87. The van der Waals surface area contributed by atoms with Crippen molar-refractivity contribution in [3.8, 4) is 5.75 Å². The number of ether oxygens (including phenoxy) is 1. The SMILES string of the molecule is CC(C)(C)c1cc(Cl)ccc1OCCCSc1ncccn1. The molecule has 22 heavy (non-hydrogen) atoms. The van der Waals surface area contributed by atoms with E-state index >= 15 is 0 Å². The molecule has 0 aliphatic carbocycles. The predicted molar refractivity (Wildman–Crippen MR) is 93.0 cm³/mol. The second-order valence-electron chi connectivity index (χ2n) is 5.97. The number of nitrogens with zero attached hydrogens (tertiary/aromatic N) is 2. The van der Waals surface area contributed by atoms with Gasteiger partial charge in [-0.2, -0.15) is 0 Å². The van der Waals surface area contributed by atoms with Gasteiger partial charge in [0.15, 0.2) is 5.16 Å². The van der Waals surface area contributed by atoms with Gasteiger partial charge in [0.05, 0.1) is 6.61 Å². The molecule has 0 bridgehead atoms. The van der Waals surface area contributed by atoms with E-state index in [0.29, 0.717) is 6.61 Å². The minimum absolute atomic E-state index is 0.00681. The lowest BCUT2D eigenvalue weighted by molar-refractivity contribution is 0.310. The molecule has 0 saturated carbocycles. The molecule has 0 amide bonds. The van der Waals surface area contributed by atoms with Gasteiger partial charge in [-0.25, -0.2) is 9.97 Å². The van der Waals surface area contributed by atoms with Crippen molar-refractivity contribution in [2.75, 3.05) is 12.4 Å². The Bertz CT molecular complexity index is 599. The third kappa shape index (κ3) is 5.18. The van der Waals surface area contributed by atoms with Crippen LogP contribution in [0.5, 0.6) is 5.75 Å². The van der Waals surface area contributed by atoms with Crippen molar-refractivity contribution in [2.45, 2.75) is 37.8 Å². The van der Waals surface area contributed by atoms with Crippen LogP contribution in [0.4, 0.5) is 0 Å². The van der Waals surface area contributed by atoms with Crippen LogP contribution in [-0.4, -0.2) is 22.3 Å². The van der Waals surface area contributed by atoms with Gasteiger partial charge < -0.3 is 4.74 Å². The van der Waals surface area contributed by atoms with Crippen LogP contribution in [0.2, 0.25) is 5.02 Å². The van der Waals surface area contributed by atoms with Crippen LogP contribution in [-0.2, 0) is 5.41 Å². The molecule has 0 aliphatic heterocycles. The molecule has 3 nitrogen and oxygen atoms in total. The standard InChI is InChI=1S/C17H21ClN2OS/c1-17(2,3)14-12-13(18)6-7-15(14)21-10-5-11-22-16-19-8-4-9-20-16/h4,6-9,12H,5,10-11H2,1-3H3. The Hall–Kier alpha value is -1.26. The third-order valence-electron chi connectivity index (χ3n) is 3.07. The second-order valence-corrected chi connectivity index (χ2v) is 7.47. The molecule has 0 aliphatic rings. The van der Waals surface area contributed by atoms with Crippen molar-refractivity contribution in [3.63, 3.8) is 0 Å². The van der Waals surface area contributed by atoms with Crippen LogP contribution in [0.15, 0.2) is 41.8 Å². The van der Waals surface area contributed by atoms with Crippen LogP contribution in [0.1, 0.15) is 32.8 Å². The Morgan fingerprint density at radius 1 is 1.18 bits per heavy atom. The molecule has 0 unspecified atom stereocenters. The van der Waals surface area contributed by atoms with E-state index in [9.17, 15) is 0 Å². The zero-order valence-corrected chi connectivity index (χ0v) is 14.7. The molecular weight excluding hydrogens is 316 g/mol. The van der Waals surface area contributed by atoms with Crippen LogP contribution < -0.4 is 4.74 Å². The largest absolute Gasteiger partial charge is 0.493 e. The fraction of sp³-hybridized carbons (Fsp3) is 0.412. The molecule has 1 aromatic carbocycles. The number of halogens is 1. The second kappa shape index (κ2) is 7.84. The summed E-state index contributed by atoms with van der Waals surface area (Å²) in [6.07, 6.45) is 4.46. The molecule has 1 aromatic heterocycles. The zero-order valence-electron chi connectivity index (χ0n) is 13.2. The van der Waals surface area contributed by atoms with Crippen LogP contribution in [0.25, 0.3) is 0 Å². The van der Waals surface area contributed by atoms with Crippen LogP contribution in [0.3, 0.4) is 0 Å². The van der Waals surface area contributed by atoms with Gasteiger partial charge in [-0.15, -0.1) is 0 Å². The number of thioether (sulfide) groups is 1. The highest BCUT2D eigenvalue weighted by Crippen LogP contribution is 2.33. The summed E-state index contributed by atoms with van der Waals surface area (Å²) in [5.74, 6) is 1.85. The highest BCUT2D eigenvalue weighted by Gasteiger charge is 2.19. The molecule has 2 rings (SSSR count). The van der Waals surface area contributed by atoms with E-state index in [1.807, 2.05) is 24.3 Å². The minimum atomic E-state index is 0.00681. The summed E-state index contributed by atoms with van der Waals surface area (Å²) in [7, 11) is 0. The highest BCUT2D eigenvalue weighted by molar-refractivity contribution is 7.99. The molecule has 0 radical (unpaired) electrons. The average molecular weight is 337 g/mol. The van der Waals surface area contributed by atoms with Crippen LogP contribution in [0, 0.1) is 0 Å². The van der Waals surface area contributed by atoms with Gasteiger partial charge >= 0.3 is 0 Å². The van der Waals surface area contributed by atoms with Crippen molar-refractivity contribution < 1.29 is 4.74 Å². The molecule has 0 saturated heterocycles. The van der Waals surface area contributed by atoms with E-state index < -0.39 is 0 Å². The molecular formula is C17H21ClN2OS. The van der Waals surface area contributed by atoms with E-state index in [1.54, 1.807) is 24.2 Å². The Balaban J connectivity index is 1.84. The number of aromatic nitrogens is 2. The van der Waals surface area contributed by atoms with Gasteiger partial charge in [0.1, 0.15) is 5.75 Å². The van der Waals surface area contributed by atoms with E-state index in [-0.39, 0.29) is 5.41 Å². The first-order chi connectivity index (χ1) is 10.5. The summed E-state index contributed by atoms with van der Waals surface area (Å²) >= 11 is 7.75. The maximum Gasteiger partial charge on any atom is 0.187 e. The monoisotopic (exact) mass is 336 g/mol. The summed E-state index contributed by atoms with van der Waals surface area (Å²) in [5, 5.41) is 1.55. The van der Waals surface area contributed by atoms with Crippen molar-refractivity contribution in [3.05, 3.63) is 47.2 Å². The fourth-order valence-electron chi connectivity index (χ4n) is 1.98. The maximum atomic E-state index is 6.10. The van der Waals surface area contributed by atoms with E-state index in [4.69, 9.17) is 16.3 Å². The van der Waals surface area contributed by atoms with Crippen molar-refractivity contribution in [1.29, 1.82) is 0 Å². The summed E-state index contributed by atoms with van der Waals surface area (Å²) < 4.78 is 5.94. The topological polar surface area (TPSA) is 35.0 Å². The molecule has 118 valence electrons. The van der Waals surface area contributed by atoms with Gasteiger partial charge in [-0.1, -0.05) is 44.1 Å². The smallest absolute Gasteiger partial charge is 0.187 e. The van der Waals surface area contributed by atoms with Crippen molar-refractivity contribution in [1.82, 2.24) is 9.97 Å². The predicted octanol–water partition coefficient (Wildman–Crippen LogP) is 4.99. The van der Waals surface area contributed by atoms with Crippen LogP contribution >= 0.6 is 23.4 Å². The highest BCUT2D eigenvalue weighted by atomic mass is 35.5. The molecule has 0 atom stereocenters. The lowest BCUT2D eigenvalue weighted by Gasteiger charge is -2.23. The Kier molecular flexibility index (Phi) is 6.09. The number of hydrogen-bond donors (Lipinski definition) is 0. The normalized spacial score (nSPS) is 11.5. The lowest BCUT2D eigenvalue weighted by atomic mass is 9.86. The minimum Gasteiger partial charge on any atom is -0.493 e. The summed E-state index contributed by atoms with van der Waals surface area (Å²) in [5.41, 5.74) is 1.14. The molecule has 2 aromatic rings. The molecule has 5 heteroatoms. The third-order valence-corrected chi connectivity index (χ3v) is 4.27. The molecule has 0 N–H and O–H groups in total. The van der Waals surface area contributed by atoms with E-state index in [0.717, 1.165) is 33.7 Å². The van der Waals surface area contributed by atoms with Gasteiger partial charge in [0.2, 0.25) is 0 Å². The summed E-state index contributed by atoms with van der Waals surface area (Å²) in [6, 6.07) is 7.64. The first-order valence-electron chi connectivity index (χ1n) is 7.29. The number of rotatable bonds is 6. The molecule has 0 fully saturated rings. The van der Waals surface area contributed by atoms with Gasteiger partial charge in [0, 0.05) is 28.7 Å². The summed E-state index contributed by atoms with van der Waals surface area (Å²) in [4.78, 5) is 8.37. The number of hydrogen-bond acceptors (Lipinski definition) is 4. The van der Waals surface area contributed by atoms with E-state index in [1.165, 1.54) is 0 Å². The first kappa shape index (κ1) is 17.1. The molecule has 1 heterocycles. The molecule has 0 spiro atoms. The Morgan fingerprint density at radius 2 is 1.91 bits per heavy atom. The Labute approximate surface area is 141 Å². The zero-order chi connectivity index (χ0) is 16.0. The van der Waals surface area contributed by atoms with Gasteiger partial charge in [0.25, 0.3) is 0 Å². The summed E-state index contributed by atoms with van der Waals surface area (Å²) in [6.45, 7) is 7.15. The maximum absolute atomic E-state index is 6.10. The van der Waals surface area contributed by atoms with Gasteiger partial charge in [-0.05, 0) is 36.1 Å². The van der Waals surface area contributed by atoms with Crippen molar-refractivity contribution >= 4 is 23.4 Å². The van der Waals surface area contributed by atoms with Crippen molar-refractivity contribution in [2.24, 2.45) is 0 Å². The lowest BCUT2D eigenvalue weighted by Crippen LogP contribution is -2.14. The number of benzene rings is 1. The van der Waals surface area contributed by atoms with E-state index in [2.05, 4.69) is 30.7 Å². The first-order valence-corrected chi connectivity index (χ1v) is 8.66.